The van der Waals surface area contributed by atoms with Crippen LogP contribution in [0.5, 0.6) is 0 Å². The quantitative estimate of drug-likeness (QED) is 0.466. The van der Waals surface area contributed by atoms with E-state index >= 15 is 0 Å². The molecule has 0 saturated heterocycles. The van der Waals surface area contributed by atoms with Crippen LogP contribution in [0.1, 0.15) is 86.0 Å². The second kappa shape index (κ2) is 9.53. The summed E-state index contributed by atoms with van der Waals surface area (Å²) in [5.74, 6) is 2.33. The van der Waals surface area contributed by atoms with Gasteiger partial charge in [-0.25, -0.2) is 0 Å². The molecule has 176 valence electrons. The fourth-order valence-corrected chi connectivity index (χ4v) is 6.82. The first-order valence-corrected chi connectivity index (χ1v) is 12.6. The molecule has 0 aromatic heterocycles. The molecule has 0 aromatic rings. The molecular weight excluding hydrogens is 384 g/mol. The summed E-state index contributed by atoms with van der Waals surface area (Å²) in [6.07, 6.45) is 12.2. The Hall–Kier alpha value is -0.900. The lowest BCUT2D eigenvalue weighted by Gasteiger charge is -2.52. The highest BCUT2D eigenvalue weighted by Crippen LogP contribution is 2.61. The van der Waals surface area contributed by atoms with Gasteiger partial charge in [0.25, 0.3) is 0 Å². The summed E-state index contributed by atoms with van der Waals surface area (Å²) in [5, 5.41) is 33.2. The van der Waals surface area contributed by atoms with Crippen molar-refractivity contribution >= 4 is 0 Å². The Balaban J connectivity index is 1.80. The number of aliphatic hydroxyl groups is 3. The van der Waals surface area contributed by atoms with Crippen LogP contribution in [0.2, 0.25) is 0 Å². The van der Waals surface area contributed by atoms with Gasteiger partial charge < -0.3 is 15.3 Å². The van der Waals surface area contributed by atoms with E-state index in [1.165, 1.54) is 0 Å². The third-order valence-electron chi connectivity index (χ3n) is 9.27. The number of aliphatic hydroxyl groups excluding tert-OH is 2. The molecule has 0 bridgehead atoms. The molecule has 3 heteroatoms. The Morgan fingerprint density at radius 1 is 1.06 bits per heavy atom. The largest absolute Gasteiger partial charge is 0.393 e. The van der Waals surface area contributed by atoms with Crippen molar-refractivity contribution in [3.05, 3.63) is 36.0 Å². The second-order valence-corrected chi connectivity index (χ2v) is 11.6. The number of hydrogen-bond acceptors (Lipinski definition) is 3. The average molecular weight is 431 g/mol. The molecule has 0 aliphatic heterocycles. The van der Waals surface area contributed by atoms with Crippen LogP contribution in [0.4, 0.5) is 0 Å². The molecule has 3 aliphatic rings. The predicted octanol–water partition coefficient (Wildman–Crippen LogP) is 5.81. The average Bonchev–Trinajstić information content (AvgIpc) is 3.07. The van der Waals surface area contributed by atoms with Crippen LogP contribution >= 0.6 is 0 Å². The van der Waals surface area contributed by atoms with E-state index in [-0.39, 0.29) is 17.4 Å². The Labute approximate surface area is 190 Å². The van der Waals surface area contributed by atoms with E-state index in [1.807, 2.05) is 6.08 Å². The van der Waals surface area contributed by atoms with Gasteiger partial charge >= 0.3 is 0 Å². The molecule has 3 saturated carbocycles. The van der Waals surface area contributed by atoms with Gasteiger partial charge in [-0.1, -0.05) is 58.9 Å². The molecule has 3 fully saturated rings. The summed E-state index contributed by atoms with van der Waals surface area (Å²) in [4.78, 5) is 0. The minimum absolute atomic E-state index is 0.0421. The fourth-order valence-electron chi connectivity index (χ4n) is 6.82. The molecule has 8 atom stereocenters. The van der Waals surface area contributed by atoms with Crippen LogP contribution in [0.25, 0.3) is 0 Å². The summed E-state index contributed by atoms with van der Waals surface area (Å²) >= 11 is 0. The van der Waals surface area contributed by atoms with Gasteiger partial charge in [-0.2, -0.15) is 0 Å². The van der Waals surface area contributed by atoms with Crippen LogP contribution in [0.3, 0.4) is 0 Å². The second-order valence-electron chi connectivity index (χ2n) is 11.6. The van der Waals surface area contributed by atoms with Gasteiger partial charge in [-0.05, 0) is 98.0 Å². The fraction of sp³-hybridized carbons (Fsp3) is 0.786. The van der Waals surface area contributed by atoms with Crippen LogP contribution in [-0.2, 0) is 0 Å². The summed E-state index contributed by atoms with van der Waals surface area (Å²) < 4.78 is 0. The van der Waals surface area contributed by atoms with Gasteiger partial charge in [0.2, 0.25) is 0 Å². The first-order valence-electron chi connectivity index (χ1n) is 12.6. The van der Waals surface area contributed by atoms with Crippen molar-refractivity contribution in [2.24, 2.45) is 35.0 Å². The molecule has 31 heavy (non-hydrogen) atoms. The maximum atomic E-state index is 11.8. The normalized spacial score (nSPS) is 41.0. The molecule has 3 nitrogen and oxygen atoms in total. The van der Waals surface area contributed by atoms with Crippen molar-refractivity contribution in [2.45, 2.75) is 104 Å². The Bertz CT molecular complexity index is 707. The Morgan fingerprint density at radius 3 is 2.45 bits per heavy atom. The maximum Gasteiger partial charge on any atom is 0.102 e. The number of fused-ring (bicyclic) bond motifs is 1. The summed E-state index contributed by atoms with van der Waals surface area (Å²) in [7, 11) is 0. The summed E-state index contributed by atoms with van der Waals surface area (Å²) in [6.45, 7) is 15.6. The molecular formula is C28H46O3. The minimum Gasteiger partial charge on any atom is -0.393 e. The van der Waals surface area contributed by atoms with Crippen molar-refractivity contribution in [1.29, 1.82) is 0 Å². The van der Waals surface area contributed by atoms with E-state index in [9.17, 15) is 15.3 Å². The Morgan fingerprint density at radius 2 is 1.77 bits per heavy atom. The van der Waals surface area contributed by atoms with Crippen LogP contribution in [-0.4, -0.2) is 33.1 Å². The third kappa shape index (κ3) is 4.89. The van der Waals surface area contributed by atoms with Crippen LogP contribution in [0, 0.1) is 35.0 Å². The monoisotopic (exact) mass is 430 g/mol. The minimum atomic E-state index is -1.09. The predicted molar refractivity (Wildman–Crippen MR) is 129 cm³/mol. The van der Waals surface area contributed by atoms with Gasteiger partial charge in [0, 0.05) is 0 Å². The standard InChI is InChI=1S/C28H46O3/c1-18(2)19(3)8-9-21(5)24-12-13-25-27(24,6)14-7-15-28(25,31)26(30)17-22-16-23(29)11-10-20(22)4/h8-9,17-19,21,23-26,29-31H,4,7,10-16H2,1-3,5-6H3/b9-8+,22-17-/t19-,21-,23+,24-,25-,26+,27+,28+/m0/s1. The molecule has 0 unspecified atom stereocenters. The van der Waals surface area contributed by atoms with Crippen LogP contribution < -0.4 is 0 Å². The zero-order chi connectivity index (χ0) is 23.0. The van der Waals surface area contributed by atoms with E-state index < -0.39 is 11.7 Å². The molecule has 3 aliphatic carbocycles. The van der Waals surface area contributed by atoms with Crippen LogP contribution in [0.15, 0.2) is 36.0 Å². The highest BCUT2D eigenvalue weighted by Gasteiger charge is 2.59. The highest BCUT2D eigenvalue weighted by atomic mass is 16.3. The van der Waals surface area contributed by atoms with E-state index in [4.69, 9.17) is 0 Å². The SMILES string of the molecule is C=C1CC[C@@H](O)C/C1=C/[C@@H](O)[C@@]1(O)CCC[C@]2(C)[C@H]([C@@H](C)/C=C/[C@H](C)C(C)C)CC[C@@H]21. The molecule has 0 spiro atoms. The van der Waals surface area contributed by atoms with E-state index in [0.29, 0.717) is 36.5 Å². The summed E-state index contributed by atoms with van der Waals surface area (Å²) in [6, 6.07) is 0. The number of rotatable bonds is 6. The maximum absolute atomic E-state index is 11.8. The molecule has 0 amide bonds. The smallest absolute Gasteiger partial charge is 0.102 e. The first-order chi connectivity index (χ1) is 14.5. The molecule has 0 aromatic carbocycles. The van der Waals surface area contributed by atoms with Gasteiger partial charge in [0.1, 0.15) is 6.10 Å². The third-order valence-corrected chi connectivity index (χ3v) is 9.27. The first kappa shape index (κ1) is 24.7. The number of allylic oxidation sites excluding steroid dienone is 3. The van der Waals surface area contributed by atoms with Crippen molar-refractivity contribution in [2.75, 3.05) is 0 Å². The lowest BCUT2D eigenvalue weighted by molar-refractivity contribution is -0.155. The topological polar surface area (TPSA) is 60.7 Å². The van der Waals surface area contributed by atoms with Gasteiger partial charge in [0.15, 0.2) is 0 Å². The van der Waals surface area contributed by atoms with Gasteiger partial charge in [-0.15, -0.1) is 0 Å². The molecule has 0 radical (unpaired) electrons. The molecule has 0 heterocycles. The van der Waals surface area contributed by atoms with Gasteiger partial charge in [-0.3, -0.25) is 0 Å². The molecule has 3 rings (SSSR count). The van der Waals surface area contributed by atoms with Crippen molar-refractivity contribution < 1.29 is 15.3 Å². The molecule has 3 N–H and O–H groups in total. The van der Waals surface area contributed by atoms with E-state index in [2.05, 4.69) is 53.3 Å². The van der Waals surface area contributed by atoms with Crippen molar-refractivity contribution in [3.8, 4) is 0 Å². The summed E-state index contributed by atoms with van der Waals surface area (Å²) in [5.41, 5.74) is 0.876. The zero-order valence-electron chi connectivity index (χ0n) is 20.5. The highest BCUT2D eigenvalue weighted by molar-refractivity contribution is 5.33. The lowest BCUT2D eigenvalue weighted by atomic mass is 9.56. The Kier molecular flexibility index (Phi) is 7.61. The zero-order valence-corrected chi connectivity index (χ0v) is 20.5. The van der Waals surface area contributed by atoms with Gasteiger partial charge in [0.05, 0.1) is 11.7 Å². The van der Waals surface area contributed by atoms with Crippen molar-refractivity contribution in [1.82, 2.24) is 0 Å². The number of hydrogen-bond donors (Lipinski definition) is 3. The van der Waals surface area contributed by atoms with Crippen molar-refractivity contribution in [3.63, 3.8) is 0 Å². The lowest BCUT2D eigenvalue weighted by Crippen LogP contribution is -2.56. The van der Waals surface area contributed by atoms with E-state index in [1.54, 1.807) is 0 Å². The van der Waals surface area contributed by atoms with E-state index in [0.717, 1.165) is 49.7 Å².